The van der Waals surface area contributed by atoms with Crippen LogP contribution in [0.2, 0.25) is 0 Å². The van der Waals surface area contributed by atoms with Crippen LogP contribution < -0.4 is 0 Å². The van der Waals surface area contributed by atoms with Crippen LogP contribution in [0.5, 0.6) is 0 Å². The molecule has 0 saturated heterocycles. The Hall–Kier alpha value is -1.61. The number of hydrogen-bond acceptors (Lipinski definition) is 2. The van der Waals surface area contributed by atoms with E-state index >= 15 is 0 Å². The molecule has 0 bridgehead atoms. The minimum absolute atomic E-state index is 0.492. The average molecular weight is 258 g/mol. The molecule has 1 atom stereocenters. The summed E-state index contributed by atoms with van der Waals surface area (Å²) in [4.78, 5) is 0. The monoisotopic (exact) mass is 258 g/mol. The minimum atomic E-state index is -0.492. The number of aliphatic hydroxyl groups excluding tert-OH is 1. The van der Waals surface area contributed by atoms with E-state index in [-0.39, 0.29) is 0 Å². The van der Waals surface area contributed by atoms with Crippen molar-refractivity contribution in [3.8, 4) is 0 Å². The third kappa shape index (κ3) is 2.71. The second kappa shape index (κ2) is 5.17. The number of aryl methyl sites for hydroxylation is 4. The molecule has 0 radical (unpaired) electrons. The van der Waals surface area contributed by atoms with Crippen LogP contribution in [0.1, 0.15) is 39.6 Å². The molecule has 0 amide bonds. The smallest absolute Gasteiger partial charge is 0.0863 e. The van der Waals surface area contributed by atoms with Gasteiger partial charge in [-0.1, -0.05) is 17.7 Å². The fourth-order valence-corrected chi connectivity index (χ4v) is 2.68. The third-order valence-corrected chi connectivity index (χ3v) is 3.87. The molecule has 3 nitrogen and oxygen atoms in total. The molecule has 3 heteroatoms. The molecule has 102 valence electrons. The molecule has 0 aliphatic carbocycles. The average Bonchev–Trinajstić information content (AvgIpc) is 2.64. The molecular formula is C16H22N2O. The molecule has 1 aromatic heterocycles. The van der Waals surface area contributed by atoms with Crippen molar-refractivity contribution in [2.24, 2.45) is 7.05 Å². The van der Waals surface area contributed by atoms with Gasteiger partial charge in [0.25, 0.3) is 0 Å². The number of rotatable bonds is 3. The molecule has 2 rings (SSSR count). The van der Waals surface area contributed by atoms with E-state index in [9.17, 15) is 5.11 Å². The summed E-state index contributed by atoms with van der Waals surface area (Å²) in [6.45, 7) is 8.31. The summed E-state index contributed by atoms with van der Waals surface area (Å²) >= 11 is 0. The van der Waals surface area contributed by atoms with Crippen LogP contribution in [0.15, 0.2) is 18.3 Å². The van der Waals surface area contributed by atoms with Gasteiger partial charge in [-0.25, -0.2) is 0 Å². The maximum Gasteiger partial charge on any atom is 0.0863 e. The highest BCUT2D eigenvalue weighted by atomic mass is 16.3. The molecule has 1 unspecified atom stereocenters. The predicted octanol–water partition coefficient (Wildman–Crippen LogP) is 2.93. The summed E-state index contributed by atoms with van der Waals surface area (Å²) in [5, 5.41) is 14.6. The summed E-state index contributed by atoms with van der Waals surface area (Å²) in [5.41, 5.74) is 6.94. The van der Waals surface area contributed by atoms with Gasteiger partial charge in [0.15, 0.2) is 0 Å². The highest BCUT2D eigenvalue weighted by molar-refractivity contribution is 5.38. The summed E-state index contributed by atoms with van der Waals surface area (Å²) in [5.74, 6) is 0. The number of nitrogens with zero attached hydrogens (tertiary/aromatic N) is 2. The number of aliphatic hydroxyl groups is 1. The van der Waals surface area contributed by atoms with Crippen molar-refractivity contribution in [1.29, 1.82) is 0 Å². The first-order valence-electron chi connectivity index (χ1n) is 6.63. The topological polar surface area (TPSA) is 38.1 Å². The van der Waals surface area contributed by atoms with Gasteiger partial charge in [0.2, 0.25) is 0 Å². The summed E-state index contributed by atoms with van der Waals surface area (Å²) in [7, 11) is 1.90. The van der Waals surface area contributed by atoms with Crippen LogP contribution in [0.4, 0.5) is 0 Å². The first-order valence-corrected chi connectivity index (χ1v) is 6.63. The fourth-order valence-electron chi connectivity index (χ4n) is 2.68. The maximum absolute atomic E-state index is 10.4. The summed E-state index contributed by atoms with van der Waals surface area (Å²) in [6.07, 6.45) is 1.91. The van der Waals surface area contributed by atoms with E-state index < -0.39 is 6.10 Å². The van der Waals surface area contributed by atoms with Crippen LogP contribution in [-0.2, 0) is 13.5 Å². The molecule has 0 fully saturated rings. The van der Waals surface area contributed by atoms with E-state index in [1.165, 1.54) is 22.3 Å². The van der Waals surface area contributed by atoms with Gasteiger partial charge in [-0.3, -0.25) is 4.68 Å². The Labute approximate surface area is 114 Å². The van der Waals surface area contributed by atoms with Crippen LogP contribution in [-0.4, -0.2) is 14.9 Å². The van der Waals surface area contributed by atoms with Crippen molar-refractivity contribution in [2.45, 2.75) is 40.2 Å². The Kier molecular flexibility index (Phi) is 3.76. The van der Waals surface area contributed by atoms with E-state index in [0.29, 0.717) is 6.42 Å². The number of aromatic nitrogens is 2. The fraction of sp³-hybridized carbons (Fsp3) is 0.438. The molecule has 1 heterocycles. The van der Waals surface area contributed by atoms with Crippen molar-refractivity contribution in [2.75, 3.05) is 0 Å². The summed E-state index contributed by atoms with van der Waals surface area (Å²) < 4.78 is 1.80. The normalized spacial score (nSPS) is 12.7. The lowest BCUT2D eigenvalue weighted by molar-refractivity contribution is 0.177. The lowest BCUT2D eigenvalue weighted by atomic mass is 9.93. The molecule has 0 aliphatic rings. The number of benzene rings is 1. The Balaban J connectivity index is 2.29. The van der Waals surface area contributed by atoms with Crippen molar-refractivity contribution >= 4 is 0 Å². The van der Waals surface area contributed by atoms with Crippen LogP contribution in [0, 0.1) is 27.7 Å². The Morgan fingerprint density at radius 1 is 1.16 bits per heavy atom. The van der Waals surface area contributed by atoms with Crippen LogP contribution >= 0.6 is 0 Å². The van der Waals surface area contributed by atoms with Gasteiger partial charge >= 0.3 is 0 Å². The van der Waals surface area contributed by atoms with Gasteiger partial charge in [0.1, 0.15) is 0 Å². The zero-order valence-corrected chi connectivity index (χ0v) is 12.4. The molecule has 0 spiro atoms. The van der Waals surface area contributed by atoms with Crippen molar-refractivity contribution < 1.29 is 5.11 Å². The van der Waals surface area contributed by atoms with Gasteiger partial charge < -0.3 is 5.11 Å². The highest BCUT2D eigenvalue weighted by Gasteiger charge is 2.16. The largest absolute Gasteiger partial charge is 0.388 e. The third-order valence-electron chi connectivity index (χ3n) is 3.87. The van der Waals surface area contributed by atoms with Gasteiger partial charge in [0.05, 0.1) is 12.3 Å². The van der Waals surface area contributed by atoms with E-state index in [1.807, 2.05) is 14.0 Å². The Bertz CT molecular complexity index is 576. The highest BCUT2D eigenvalue weighted by Crippen LogP contribution is 2.25. The maximum atomic E-state index is 10.4. The van der Waals surface area contributed by atoms with Crippen LogP contribution in [0.3, 0.4) is 0 Å². The molecule has 0 saturated carbocycles. The first-order chi connectivity index (χ1) is 8.90. The lowest BCUT2D eigenvalue weighted by Gasteiger charge is -2.15. The van der Waals surface area contributed by atoms with E-state index in [2.05, 4.69) is 38.0 Å². The van der Waals surface area contributed by atoms with Crippen molar-refractivity contribution in [3.63, 3.8) is 0 Å². The zero-order chi connectivity index (χ0) is 14.2. The quantitative estimate of drug-likeness (QED) is 0.919. The van der Waals surface area contributed by atoms with Gasteiger partial charge in [-0.15, -0.1) is 0 Å². The predicted molar refractivity (Wildman–Crippen MR) is 77.3 cm³/mol. The molecule has 1 N–H and O–H groups in total. The van der Waals surface area contributed by atoms with Gasteiger partial charge in [-0.2, -0.15) is 5.10 Å². The van der Waals surface area contributed by atoms with Crippen molar-refractivity contribution in [1.82, 2.24) is 9.78 Å². The van der Waals surface area contributed by atoms with Crippen LogP contribution in [0.25, 0.3) is 0 Å². The second-order valence-electron chi connectivity index (χ2n) is 5.41. The minimum Gasteiger partial charge on any atom is -0.388 e. The Morgan fingerprint density at radius 2 is 1.74 bits per heavy atom. The molecule has 2 aromatic rings. The SMILES string of the molecule is Cc1cc(C)c(CC(O)c2cnn(C)c2C)c(C)c1. The van der Waals surface area contributed by atoms with E-state index in [1.54, 1.807) is 10.9 Å². The zero-order valence-electron chi connectivity index (χ0n) is 12.4. The standard InChI is InChI=1S/C16H22N2O/c1-10-6-11(2)14(12(3)7-10)8-16(19)15-9-17-18(5)13(15)4/h6-7,9,16,19H,8H2,1-5H3. The molecular weight excluding hydrogens is 236 g/mol. The summed E-state index contributed by atoms with van der Waals surface area (Å²) in [6, 6.07) is 4.34. The first kappa shape index (κ1) is 13.8. The number of hydrogen-bond donors (Lipinski definition) is 1. The van der Waals surface area contributed by atoms with E-state index in [4.69, 9.17) is 0 Å². The van der Waals surface area contributed by atoms with Crippen molar-refractivity contribution in [3.05, 3.63) is 51.8 Å². The Morgan fingerprint density at radius 3 is 2.21 bits per heavy atom. The van der Waals surface area contributed by atoms with Gasteiger partial charge in [-0.05, 0) is 44.4 Å². The van der Waals surface area contributed by atoms with Gasteiger partial charge in [0, 0.05) is 24.7 Å². The molecule has 0 aliphatic heterocycles. The lowest BCUT2D eigenvalue weighted by Crippen LogP contribution is -2.06. The molecule has 19 heavy (non-hydrogen) atoms. The van der Waals surface area contributed by atoms with E-state index in [0.717, 1.165) is 11.3 Å². The molecule has 1 aromatic carbocycles. The second-order valence-corrected chi connectivity index (χ2v) is 5.41.